The van der Waals surface area contributed by atoms with Crippen LogP contribution in [0.2, 0.25) is 0 Å². The Morgan fingerprint density at radius 2 is 1.89 bits per heavy atom. The molecule has 0 unspecified atom stereocenters. The molecule has 2 heterocycles. The molecule has 0 N–H and O–H groups in total. The molecule has 146 valence electrons. The van der Waals surface area contributed by atoms with Gasteiger partial charge >= 0.3 is 10.2 Å². The summed E-state index contributed by atoms with van der Waals surface area (Å²) in [5.74, 6) is 0.543. The number of benzene rings is 1. The number of carbonyl (C=O) groups is 1. The van der Waals surface area contributed by atoms with Gasteiger partial charge < -0.3 is 19.1 Å². The lowest BCUT2D eigenvalue weighted by Crippen LogP contribution is -2.45. The van der Waals surface area contributed by atoms with Crippen LogP contribution in [0.25, 0.3) is 0 Å². The molecule has 1 amide bonds. The number of hydrogen-bond donors (Lipinski definition) is 0. The summed E-state index contributed by atoms with van der Waals surface area (Å²) in [6, 6.07) is 4.96. The second kappa shape index (κ2) is 7.57. The lowest BCUT2D eigenvalue weighted by molar-refractivity contribution is -0.132. The van der Waals surface area contributed by atoms with Crippen LogP contribution in [0.3, 0.4) is 0 Å². The zero-order chi connectivity index (χ0) is 19.6. The molecule has 9 nitrogen and oxygen atoms in total. The van der Waals surface area contributed by atoms with Gasteiger partial charge in [-0.15, -0.1) is 4.40 Å². The molecular formula is C17H21N3O6S. The van der Waals surface area contributed by atoms with Crippen LogP contribution in [0.15, 0.2) is 34.4 Å². The molecule has 0 radical (unpaired) electrons. The molecule has 1 aromatic rings. The number of allylic oxidation sites excluding steroid dienone is 1. The second-order valence-electron chi connectivity index (χ2n) is 5.92. The third kappa shape index (κ3) is 3.76. The van der Waals surface area contributed by atoms with Crippen LogP contribution in [-0.4, -0.2) is 76.8 Å². The first kappa shape index (κ1) is 19.2. The molecule has 10 heteroatoms. The Morgan fingerprint density at radius 3 is 2.52 bits per heavy atom. The lowest BCUT2D eigenvalue weighted by atomic mass is 10.1. The SMILES string of the molecule is COc1ccc(OC)c(C2=NS(=O)(=O)N(C)C(C(=O)N3CCOCC3)=C2)c1. The van der Waals surface area contributed by atoms with Crippen molar-refractivity contribution >= 4 is 21.8 Å². The Bertz CT molecular complexity index is 903. The number of hydrogen-bond acceptors (Lipinski definition) is 6. The van der Waals surface area contributed by atoms with Gasteiger partial charge in [-0.1, -0.05) is 0 Å². The standard InChI is InChI=1S/C17H21N3O6S/c1-19-15(17(21)20-6-8-26-9-7-20)11-14(18-27(19,22)23)13-10-12(24-2)4-5-16(13)25-3/h4-5,10-11H,6-9H2,1-3H3. The minimum Gasteiger partial charge on any atom is -0.497 e. The predicted molar refractivity (Wildman–Crippen MR) is 98.2 cm³/mol. The van der Waals surface area contributed by atoms with E-state index >= 15 is 0 Å². The normalized spacial score (nSPS) is 19.2. The fourth-order valence-electron chi connectivity index (χ4n) is 2.82. The number of ether oxygens (including phenoxy) is 3. The summed E-state index contributed by atoms with van der Waals surface area (Å²) < 4.78 is 45.6. The Kier molecular flexibility index (Phi) is 5.38. The van der Waals surface area contributed by atoms with Crippen molar-refractivity contribution in [2.45, 2.75) is 0 Å². The maximum Gasteiger partial charge on any atom is 0.345 e. The van der Waals surface area contributed by atoms with Crippen molar-refractivity contribution in [2.75, 3.05) is 47.6 Å². The van der Waals surface area contributed by atoms with Gasteiger partial charge in [-0.3, -0.25) is 4.79 Å². The summed E-state index contributed by atoms with van der Waals surface area (Å²) in [5.41, 5.74) is 0.549. The van der Waals surface area contributed by atoms with E-state index in [0.717, 1.165) is 4.31 Å². The summed E-state index contributed by atoms with van der Waals surface area (Å²) in [7, 11) is 0.223. The van der Waals surface area contributed by atoms with E-state index in [1.165, 1.54) is 27.3 Å². The molecule has 3 rings (SSSR count). The van der Waals surface area contributed by atoms with Gasteiger partial charge in [0.25, 0.3) is 5.91 Å². The number of carbonyl (C=O) groups excluding carboxylic acids is 1. The number of morpholine rings is 1. The maximum absolute atomic E-state index is 12.9. The molecule has 27 heavy (non-hydrogen) atoms. The quantitative estimate of drug-likeness (QED) is 0.733. The van der Waals surface area contributed by atoms with Crippen molar-refractivity contribution in [3.63, 3.8) is 0 Å². The van der Waals surface area contributed by atoms with Crippen LogP contribution in [0.1, 0.15) is 5.56 Å². The fourth-order valence-corrected chi connectivity index (χ4v) is 3.72. The predicted octanol–water partition coefficient (Wildman–Crippen LogP) is 0.426. The molecule has 1 aromatic carbocycles. The molecular weight excluding hydrogens is 374 g/mol. The molecule has 1 fully saturated rings. The fraction of sp³-hybridized carbons (Fsp3) is 0.412. The minimum atomic E-state index is -4.06. The number of nitrogens with zero attached hydrogens (tertiary/aromatic N) is 3. The third-order valence-electron chi connectivity index (χ3n) is 4.37. The van der Waals surface area contributed by atoms with Gasteiger partial charge in [0.2, 0.25) is 0 Å². The van der Waals surface area contributed by atoms with Gasteiger partial charge in [-0.05, 0) is 24.3 Å². The van der Waals surface area contributed by atoms with E-state index in [9.17, 15) is 13.2 Å². The summed E-state index contributed by atoms with van der Waals surface area (Å²) in [6.45, 7) is 1.64. The summed E-state index contributed by atoms with van der Waals surface area (Å²) in [4.78, 5) is 14.5. The van der Waals surface area contributed by atoms with Crippen molar-refractivity contribution in [3.8, 4) is 11.5 Å². The first-order valence-corrected chi connectivity index (χ1v) is 9.67. The highest BCUT2D eigenvalue weighted by atomic mass is 32.2. The number of rotatable bonds is 4. The zero-order valence-corrected chi connectivity index (χ0v) is 16.2. The molecule has 0 bridgehead atoms. The Balaban J connectivity index is 2.07. The lowest BCUT2D eigenvalue weighted by Gasteiger charge is -2.31. The van der Waals surface area contributed by atoms with Crippen LogP contribution in [0, 0.1) is 0 Å². The Hall–Kier alpha value is -2.59. The van der Waals surface area contributed by atoms with Crippen molar-refractivity contribution < 1.29 is 27.4 Å². The highest BCUT2D eigenvalue weighted by molar-refractivity contribution is 7.88. The van der Waals surface area contributed by atoms with Crippen molar-refractivity contribution in [3.05, 3.63) is 35.5 Å². The van der Waals surface area contributed by atoms with E-state index < -0.39 is 16.1 Å². The van der Waals surface area contributed by atoms with Gasteiger partial charge in [0, 0.05) is 25.7 Å². The van der Waals surface area contributed by atoms with Crippen molar-refractivity contribution in [1.82, 2.24) is 9.21 Å². The summed E-state index contributed by atoms with van der Waals surface area (Å²) >= 11 is 0. The maximum atomic E-state index is 12.9. The molecule has 0 aliphatic carbocycles. The molecule has 2 aliphatic heterocycles. The minimum absolute atomic E-state index is 0.0202. The van der Waals surface area contributed by atoms with E-state index in [0.29, 0.717) is 43.4 Å². The average Bonchev–Trinajstić information content (AvgIpc) is 2.69. The monoisotopic (exact) mass is 395 g/mol. The van der Waals surface area contributed by atoms with Crippen LogP contribution >= 0.6 is 0 Å². The van der Waals surface area contributed by atoms with Gasteiger partial charge in [0.05, 0.1) is 33.1 Å². The largest absolute Gasteiger partial charge is 0.497 e. The van der Waals surface area contributed by atoms with Crippen molar-refractivity contribution in [2.24, 2.45) is 4.40 Å². The first-order chi connectivity index (χ1) is 12.9. The van der Waals surface area contributed by atoms with Crippen LogP contribution in [0.4, 0.5) is 0 Å². The molecule has 0 atom stereocenters. The van der Waals surface area contributed by atoms with E-state index in [1.54, 1.807) is 23.1 Å². The van der Waals surface area contributed by atoms with Gasteiger partial charge in [-0.25, -0.2) is 4.31 Å². The van der Waals surface area contributed by atoms with Crippen LogP contribution in [-0.2, 0) is 19.7 Å². The summed E-state index contributed by atoms with van der Waals surface area (Å²) in [5, 5.41) is 0. The number of methoxy groups -OCH3 is 2. The van der Waals surface area contributed by atoms with E-state index in [-0.39, 0.29) is 11.4 Å². The third-order valence-corrected chi connectivity index (χ3v) is 5.69. The van der Waals surface area contributed by atoms with E-state index in [4.69, 9.17) is 14.2 Å². The number of likely N-dealkylation sites (N-methyl/N-ethyl adjacent to an activating group) is 1. The summed E-state index contributed by atoms with van der Waals surface area (Å²) in [6.07, 6.45) is 1.45. The van der Waals surface area contributed by atoms with Crippen LogP contribution < -0.4 is 9.47 Å². The van der Waals surface area contributed by atoms with Gasteiger partial charge in [-0.2, -0.15) is 8.42 Å². The molecule has 0 spiro atoms. The molecule has 2 aliphatic rings. The first-order valence-electron chi connectivity index (χ1n) is 8.27. The number of amides is 1. The molecule has 1 saturated heterocycles. The van der Waals surface area contributed by atoms with Gasteiger partial charge in [0.15, 0.2) is 0 Å². The second-order valence-corrected chi connectivity index (χ2v) is 7.55. The zero-order valence-electron chi connectivity index (χ0n) is 15.3. The van der Waals surface area contributed by atoms with Crippen LogP contribution in [0.5, 0.6) is 11.5 Å². The molecule has 0 aromatic heterocycles. The topological polar surface area (TPSA) is 97.7 Å². The van der Waals surface area contributed by atoms with Crippen molar-refractivity contribution in [1.29, 1.82) is 0 Å². The highest BCUT2D eigenvalue weighted by Crippen LogP contribution is 2.29. The molecule has 0 saturated carbocycles. The van der Waals surface area contributed by atoms with E-state index in [1.807, 2.05) is 0 Å². The highest BCUT2D eigenvalue weighted by Gasteiger charge is 2.33. The smallest absolute Gasteiger partial charge is 0.345 e. The Morgan fingerprint density at radius 1 is 1.19 bits per heavy atom. The van der Waals surface area contributed by atoms with Gasteiger partial charge in [0.1, 0.15) is 17.2 Å². The van der Waals surface area contributed by atoms with E-state index in [2.05, 4.69) is 4.40 Å². The average molecular weight is 395 g/mol. The Labute approximate surface area is 158 Å².